The second-order valence-corrected chi connectivity index (χ2v) is 6.12. The molecule has 1 N–H and O–H groups in total. The van der Waals surface area contributed by atoms with Gasteiger partial charge in [-0.1, -0.05) is 0 Å². The van der Waals surface area contributed by atoms with Crippen LogP contribution in [0.2, 0.25) is 0 Å². The number of imidazole rings is 1. The van der Waals surface area contributed by atoms with Gasteiger partial charge in [-0.05, 0) is 31.1 Å². The molecular weight excluding hydrogens is 298 g/mol. The van der Waals surface area contributed by atoms with Crippen molar-refractivity contribution < 1.29 is 19.4 Å². The summed E-state index contributed by atoms with van der Waals surface area (Å²) in [6, 6.07) is 0. The van der Waals surface area contributed by atoms with E-state index < -0.39 is 0 Å². The number of likely N-dealkylation sites (tertiary alicyclic amines) is 1. The van der Waals surface area contributed by atoms with Crippen LogP contribution in [0.4, 0.5) is 0 Å². The summed E-state index contributed by atoms with van der Waals surface area (Å²) in [4.78, 5) is 26.7. The second kappa shape index (κ2) is 9.29. The Morgan fingerprint density at radius 1 is 1.30 bits per heavy atom. The number of hydrogen-bond donors (Lipinski definition) is 1. The molecule has 7 nitrogen and oxygen atoms in total. The maximum atomic E-state index is 12.2. The first kappa shape index (κ1) is 17.5. The first-order valence-electron chi connectivity index (χ1n) is 8.12. The molecule has 0 aromatic carbocycles. The van der Waals surface area contributed by atoms with Crippen LogP contribution in [0.15, 0.2) is 18.7 Å². The Morgan fingerprint density at radius 2 is 2.04 bits per heavy atom. The number of nitrogens with zero attached hydrogens (tertiary/aromatic N) is 3. The summed E-state index contributed by atoms with van der Waals surface area (Å²) >= 11 is 0. The van der Waals surface area contributed by atoms with Gasteiger partial charge in [0, 0.05) is 51.7 Å². The predicted molar refractivity (Wildman–Crippen MR) is 83.8 cm³/mol. The third kappa shape index (κ3) is 5.67. The minimum Gasteiger partial charge on any atom is -0.483 e. The highest BCUT2D eigenvalue weighted by atomic mass is 16.5. The largest absolute Gasteiger partial charge is 0.483 e. The SMILES string of the molecule is O=C(CC1CCOC1)N1CCC(Cn2ccnc2)CC1.O=CO. The van der Waals surface area contributed by atoms with Crippen LogP contribution in [-0.4, -0.2) is 58.2 Å². The molecule has 3 heterocycles. The summed E-state index contributed by atoms with van der Waals surface area (Å²) in [5.41, 5.74) is 0. The third-order valence-electron chi connectivity index (χ3n) is 4.48. The molecule has 0 spiro atoms. The number of rotatable bonds is 4. The topological polar surface area (TPSA) is 84.7 Å². The lowest BCUT2D eigenvalue weighted by atomic mass is 9.95. The molecule has 128 valence electrons. The lowest BCUT2D eigenvalue weighted by Gasteiger charge is -2.32. The average Bonchev–Trinajstić information content (AvgIpc) is 3.23. The quantitative estimate of drug-likeness (QED) is 0.843. The number of carbonyl (C=O) groups excluding carboxylic acids is 1. The van der Waals surface area contributed by atoms with E-state index in [1.807, 2.05) is 23.6 Å². The molecule has 3 rings (SSSR count). The second-order valence-electron chi connectivity index (χ2n) is 6.12. The lowest BCUT2D eigenvalue weighted by Crippen LogP contribution is -2.40. The fourth-order valence-electron chi connectivity index (χ4n) is 3.18. The van der Waals surface area contributed by atoms with E-state index in [1.54, 1.807) is 0 Å². The van der Waals surface area contributed by atoms with Gasteiger partial charge in [0.25, 0.3) is 6.47 Å². The molecule has 1 atom stereocenters. The molecular formula is C16H25N3O4. The molecule has 2 aliphatic heterocycles. The number of piperidine rings is 1. The molecule has 1 amide bonds. The monoisotopic (exact) mass is 323 g/mol. The Bertz CT molecular complexity index is 464. The maximum Gasteiger partial charge on any atom is 0.290 e. The van der Waals surface area contributed by atoms with E-state index in [1.165, 1.54) is 0 Å². The van der Waals surface area contributed by atoms with Gasteiger partial charge in [0.2, 0.25) is 5.91 Å². The van der Waals surface area contributed by atoms with E-state index in [0.717, 1.165) is 52.1 Å². The number of aromatic nitrogens is 2. The van der Waals surface area contributed by atoms with E-state index in [0.29, 0.717) is 24.2 Å². The first-order chi connectivity index (χ1) is 11.2. The summed E-state index contributed by atoms with van der Waals surface area (Å²) in [6.45, 7) is 4.18. The fourth-order valence-corrected chi connectivity index (χ4v) is 3.18. The number of hydrogen-bond acceptors (Lipinski definition) is 4. The molecule has 23 heavy (non-hydrogen) atoms. The Kier molecular flexibility index (Phi) is 7.06. The molecule has 1 aromatic rings. The molecule has 0 saturated carbocycles. The minimum absolute atomic E-state index is 0.250. The summed E-state index contributed by atoms with van der Waals surface area (Å²) < 4.78 is 7.48. The fraction of sp³-hybridized carbons (Fsp3) is 0.688. The Morgan fingerprint density at radius 3 is 2.61 bits per heavy atom. The highest BCUT2D eigenvalue weighted by molar-refractivity contribution is 5.76. The number of carbonyl (C=O) groups is 2. The Hall–Kier alpha value is -1.89. The molecule has 2 aliphatic rings. The summed E-state index contributed by atoms with van der Waals surface area (Å²) in [5, 5.41) is 6.89. The van der Waals surface area contributed by atoms with Crippen molar-refractivity contribution in [1.29, 1.82) is 0 Å². The van der Waals surface area contributed by atoms with Crippen molar-refractivity contribution in [2.75, 3.05) is 26.3 Å². The van der Waals surface area contributed by atoms with Crippen LogP contribution in [0.5, 0.6) is 0 Å². The van der Waals surface area contributed by atoms with Crippen molar-refractivity contribution in [2.45, 2.75) is 32.2 Å². The van der Waals surface area contributed by atoms with Crippen molar-refractivity contribution in [3.8, 4) is 0 Å². The van der Waals surface area contributed by atoms with Gasteiger partial charge in [0.1, 0.15) is 0 Å². The zero-order chi connectivity index (χ0) is 16.5. The molecule has 0 bridgehead atoms. The van der Waals surface area contributed by atoms with Gasteiger partial charge >= 0.3 is 0 Å². The van der Waals surface area contributed by atoms with Crippen LogP contribution in [0.3, 0.4) is 0 Å². The summed E-state index contributed by atoms with van der Waals surface area (Å²) in [6.07, 6.45) is 9.63. The first-order valence-corrected chi connectivity index (χ1v) is 8.12. The van der Waals surface area contributed by atoms with Gasteiger partial charge in [-0.2, -0.15) is 0 Å². The molecule has 2 saturated heterocycles. The minimum atomic E-state index is -0.250. The predicted octanol–water partition coefficient (Wildman–Crippen LogP) is 1.25. The van der Waals surface area contributed by atoms with Crippen LogP contribution in [-0.2, 0) is 20.9 Å². The van der Waals surface area contributed by atoms with Gasteiger partial charge in [0.15, 0.2) is 0 Å². The highest BCUT2D eigenvalue weighted by Crippen LogP contribution is 2.22. The van der Waals surface area contributed by atoms with Gasteiger partial charge in [0.05, 0.1) is 6.33 Å². The van der Waals surface area contributed by atoms with E-state index in [2.05, 4.69) is 9.55 Å². The lowest BCUT2D eigenvalue weighted by molar-refractivity contribution is -0.133. The van der Waals surface area contributed by atoms with E-state index in [9.17, 15) is 4.79 Å². The smallest absolute Gasteiger partial charge is 0.290 e. The average molecular weight is 323 g/mol. The van der Waals surface area contributed by atoms with Crippen LogP contribution in [0.1, 0.15) is 25.7 Å². The number of ether oxygens (including phenoxy) is 1. The van der Waals surface area contributed by atoms with Crippen molar-refractivity contribution in [1.82, 2.24) is 14.5 Å². The van der Waals surface area contributed by atoms with Crippen molar-refractivity contribution in [2.24, 2.45) is 11.8 Å². The van der Waals surface area contributed by atoms with Gasteiger partial charge in [-0.15, -0.1) is 0 Å². The molecule has 2 fully saturated rings. The molecule has 1 unspecified atom stereocenters. The van der Waals surface area contributed by atoms with Crippen molar-refractivity contribution in [3.63, 3.8) is 0 Å². The third-order valence-corrected chi connectivity index (χ3v) is 4.48. The number of amides is 1. The summed E-state index contributed by atoms with van der Waals surface area (Å²) in [5.74, 6) is 1.44. The van der Waals surface area contributed by atoms with E-state index in [-0.39, 0.29) is 6.47 Å². The molecule has 1 aromatic heterocycles. The van der Waals surface area contributed by atoms with Crippen molar-refractivity contribution >= 4 is 12.4 Å². The zero-order valence-corrected chi connectivity index (χ0v) is 13.3. The standard InChI is InChI=1S/C15H23N3O2.CH2O2/c19-15(9-14-3-8-20-11-14)18-5-1-13(2-6-18)10-17-7-4-16-12-17;2-1-3/h4,7,12-14H,1-3,5-6,8-11H2;1H,(H,2,3). The van der Waals surface area contributed by atoms with Crippen LogP contribution in [0, 0.1) is 11.8 Å². The van der Waals surface area contributed by atoms with Gasteiger partial charge in [-0.25, -0.2) is 4.98 Å². The maximum absolute atomic E-state index is 12.2. The molecule has 7 heteroatoms. The van der Waals surface area contributed by atoms with Crippen LogP contribution in [0.25, 0.3) is 0 Å². The van der Waals surface area contributed by atoms with Crippen LogP contribution < -0.4 is 0 Å². The zero-order valence-electron chi connectivity index (χ0n) is 13.3. The molecule has 0 aliphatic carbocycles. The van der Waals surface area contributed by atoms with Gasteiger partial charge < -0.3 is 19.3 Å². The summed E-state index contributed by atoms with van der Waals surface area (Å²) in [7, 11) is 0. The highest BCUT2D eigenvalue weighted by Gasteiger charge is 2.26. The van der Waals surface area contributed by atoms with Crippen LogP contribution >= 0.6 is 0 Å². The Balaban J connectivity index is 0.000000595. The number of carboxylic acid groups (broad SMARTS) is 1. The van der Waals surface area contributed by atoms with Gasteiger partial charge in [-0.3, -0.25) is 9.59 Å². The van der Waals surface area contributed by atoms with E-state index in [4.69, 9.17) is 14.6 Å². The molecule has 0 radical (unpaired) electrons. The van der Waals surface area contributed by atoms with E-state index >= 15 is 0 Å². The normalized spacial score (nSPS) is 21.6. The van der Waals surface area contributed by atoms with Crippen molar-refractivity contribution in [3.05, 3.63) is 18.7 Å². The Labute approximate surface area is 136 Å².